The number of carbonyl (C=O) groups excluding carboxylic acids is 1. The molecule has 0 fully saturated rings. The summed E-state index contributed by atoms with van der Waals surface area (Å²) in [4.78, 5) is 12.5. The molecule has 3 aromatic rings. The van der Waals surface area contributed by atoms with Crippen LogP contribution in [0.4, 0.5) is 4.79 Å². The van der Waals surface area contributed by atoms with Gasteiger partial charge in [0, 0.05) is 11.1 Å². The number of benzene rings is 3. The van der Waals surface area contributed by atoms with Crippen LogP contribution in [0.1, 0.15) is 55.2 Å². The van der Waals surface area contributed by atoms with Crippen molar-refractivity contribution in [2.24, 2.45) is 0 Å². The molecule has 1 amide bonds. The van der Waals surface area contributed by atoms with Gasteiger partial charge in [-0.15, -0.1) is 0 Å². The van der Waals surface area contributed by atoms with Gasteiger partial charge in [0.15, 0.2) is 0 Å². The van der Waals surface area contributed by atoms with E-state index in [9.17, 15) is 9.90 Å². The molecule has 0 saturated heterocycles. The van der Waals surface area contributed by atoms with Crippen molar-refractivity contribution >= 4 is 6.09 Å². The summed E-state index contributed by atoms with van der Waals surface area (Å²) in [5.74, 6) is 6.29. The lowest BCUT2D eigenvalue weighted by atomic mass is 9.94. The molecule has 0 aliphatic carbocycles. The van der Waals surface area contributed by atoms with Crippen molar-refractivity contribution in [3.8, 4) is 11.8 Å². The van der Waals surface area contributed by atoms with E-state index in [1.165, 1.54) is 0 Å². The molecule has 0 spiro atoms. The fraction of sp³-hybridized carbons (Fsp3) is 0.222. The van der Waals surface area contributed by atoms with E-state index in [1.807, 2.05) is 84.9 Å². The normalized spacial score (nSPS) is 12.8. The minimum Gasteiger partial charge on any atom is -0.444 e. The number of hydrogen-bond acceptors (Lipinski definition) is 3. The molecule has 0 aliphatic rings. The average molecular weight is 414 g/mol. The first kappa shape index (κ1) is 22.1. The van der Waals surface area contributed by atoms with Crippen LogP contribution < -0.4 is 5.32 Å². The Kier molecular flexibility index (Phi) is 7.12. The highest BCUT2D eigenvalue weighted by atomic mass is 16.6. The molecule has 0 saturated carbocycles. The zero-order valence-corrected chi connectivity index (χ0v) is 18.0. The van der Waals surface area contributed by atoms with Gasteiger partial charge in [-0.25, -0.2) is 4.79 Å². The Balaban J connectivity index is 1.91. The Morgan fingerprint density at radius 2 is 1.39 bits per heavy atom. The van der Waals surface area contributed by atoms with Gasteiger partial charge in [0.2, 0.25) is 0 Å². The molecule has 0 heterocycles. The maximum absolute atomic E-state index is 12.5. The second-order valence-corrected chi connectivity index (χ2v) is 8.22. The molecule has 158 valence electrons. The van der Waals surface area contributed by atoms with Crippen LogP contribution in [0, 0.1) is 11.8 Å². The van der Waals surface area contributed by atoms with E-state index in [4.69, 9.17) is 4.74 Å². The Morgan fingerprint density at radius 1 is 0.839 bits per heavy atom. The number of nitrogens with one attached hydrogen (secondary N) is 1. The fourth-order valence-corrected chi connectivity index (χ4v) is 3.10. The van der Waals surface area contributed by atoms with E-state index in [0.717, 1.165) is 16.7 Å². The number of ether oxygens (including phenoxy) is 1. The van der Waals surface area contributed by atoms with Crippen molar-refractivity contribution in [3.05, 3.63) is 107 Å². The minimum absolute atomic E-state index is 0.590. The molecule has 0 aliphatic heterocycles. The number of aliphatic hydroxyl groups excluding tert-OH is 1. The van der Waals surface area contributed by atoms with Crippen LogP contribution in [0.25, 0.3) is 0 Å². The predicted octanol–water partition coefficient (Wildman–Crippen LogP) is 5.39. The maximum atomic E-state index is 12.5. The second kappa shape index (κ2) is 9.97. The first-order valence-corrected chi connectivity index (χ1v) is 10.2. The third-order valence-electron chi connectivity index (χ3n) is 4.50. The summed E-state index contributed by atoms with van der Waals surface area (Å²) in [7, 11) is 0. The van der Waals surface area contributed by atoms with Crippen molar-refractivity contribution in [3.63, 3.8) is 0 Å². The zero-order chi connectivity index (χ0) is 22.3. The average Bonchev–Trinajstić information content (AvgIpc) is 2.76. The van der Waals surface area contributed by atoms with E-state index in [-0.39, 0.29) is 0 Å². The van der Waals surface area contributed by atoms with Crippen LogP contribution in [0.5, 0.6) is 0 Å². The van der Waals surface area contributed by atoms with Gasteiger partial charge in [-0.3, -0.25) is 0 Å². The van der Waals surface area contributed by atoms with Crippen molar-refractivity contribution in [1.29, 1.82) is 0 Å². The van der Waals surface area contributed by atoms with E-state index < -0.39 is 23.8 Å². The Labute approximate surface area is 183 Å². The first-order chi connectivity index (χ1) is 14.8. The summed E-state index contributed by atoms with van der Waals surface area (Å²) in [6.45, 7) is 5.40. The van der Waals surface area contributed by atoms with Crippen LogP contribution in [0.2, 0.25) is 0 Å². The lowest BCUT2D eigenvalue weighted by molar-refractivity contribution is 0.0419. The van der Waals surface area contributed by atoms with Crippen molar-refractivity contribution in [2.75, 3.05) is 0 Å². The molecule has 3 rings (SSSR count). The van der Waals surface area contributed by atoms with Crippen LogP contribution in [-0.4, -0.2) is 16.8 Å². The monoisotopic (exact) mass is 413 g/mol. The molecule has 0 radical (unpaired) electrons. The van der Waals surface area contributed by atoms with Gasteiger partial charge < -0.3 is 15.2 Å². The summed E-state index contributed by atoms with van der Waals surface area (Å²) in [5, 5.41) is 13.9. The Bertz CT molecular complexity index is 1060. The quantitative estimate of drug-likeness (QED) is 0.564. The third kappa shape index (κ3) is 6.74. The smallest absolute Gasteiger partial charge is 0.408 e. The molecule has 3 aromatic carbocycles. The van der Waals surface area contributed by atoms with Crippen LogP contribution in [-0.2, 0) is 4.74 Å². The molecular weight excluding hydrogens is 386 g/mol. The lowest BCUT2D eigenvalue weighted by Crippen LogP contribution is -2.37. The summed E-state index contributed by atoms with van der Waals surface area (Å²) in [6, 6.07) is 25.8. The summed E-state index contributed by atoms with van der Waals surface area (Å²) < 4.78 is 5.42. The topological polar surface area (TPSA) is 58.6 Å². The van der Waals surface area contributed by atoms with Gasteiger partial charge in [-0.05, 0) is 56.2 Å². The Morgan fingerprint density at radius 3 is 2.03 bits per heavy atom. The second-order valence-electron chi connectivity index (χ2n) is 8.22. The van der Waals surface area contributed by atoms with Crippen molar-refractivity contribution in [1.82, 2.24) is 5.32 Å². The van der Waals surface area contributed by atoms with E-state index in [2.05, 4.69) is 17.2 Å². The molecule has 2 unspecified atom stereocenters. The summed E-state index contributed by atoms with van der Waals surface area (Å²) in [5.41, 5.74) is 2.50. The van der Waals surface area contributed by atoms with Crippen LogP contribution >= 0.6 is 0 Å². The maximum Gasteiger partial charge on any atom is 0.408 e. The van der Waals surface area contributed by atoms with Crippen LogP contribution in [0.15, 0.2) is 84.9 Å². The first-order valence-electron chi connectivity index (χ1n) is 10.2. The largest absolute Gasteiger partial charge is 0.444 e. The molecule has 2 N–H and O–H groups in total. The van der Waals surface area contributed by atoms with Gasteiger partial charge >= 0.3 is 6.09 Å². The van der Waals surface area contributed by atoms with Gasteiger partial charge in [0.1, 0.15) is 11.7 Å². The van der Waals surface area contributed by atoms with Gasteiger partial charge in [-0.1, -0.05) is 72.5 Å². The fourth-order valence-electron chi connectivity index (χ4n) is 3.10. The number of aliphatic hydroxyl groups is 1. The summed E-state index contributed by atoms with van der Waals surface area (Å²) in [6.07, 6.45) is -1.54. The highest BCUT2D eigenvalue weighted by Gasteiger charge is 2.27. The van der Waals surface area contributed by atoms with Gasteiger partial charge in [0.05, 0.1) is 6.04 Å². The van der Waals surface area contributed by atoms with Gasteiger partial charge in [-0.2, -0.15) is 0 Å². The standard InChI is InChI=1S/C27H27NO3/c1-27(2,3)31-26(30)28-24(25(29)22-14-8-5-9-15-22)23-16-10-13-21(19-23)18-17-20-11-6-4-7-12-20/h4-16,19,24-25,29H,1-3H3,(H,28,30). The number of amides is 1. The minimum atomic E-state index is -0.953. The van der Waals surface area contributed by atoms with E-state index >= 15 is 0 Å². The van der Waals surface area contributed by atoms with Gasteiger partial charge in [0.25, 0.3) is 0 Å². The molecule has 0 bridgehead atoms. The molecule has 4 nitrogen and oxygen atoms in total. The molecular formula is C27H27NO3. The summed E-state index contributed by atoms with van der Waals surface area (Å²) >= 11 is 0. The van der Waals surface area contributed by atoms with E-state index in [1.54, 1.807) is 20.8 Å². The Hall–Kier alpha value is -3.55. The SMILES string of the molecule is CC(C)(C)OC(=O)NC(c1cccc(C#Cc2ccccc2)c1)C(O)c1ccccc1. The molecule has 4 heteroatoms. The van der Waals surface area contributed by atoms with Crippen LogP contribution in [0.3, 0.4) is 0 Å². The number of alkyl carbamates (subject to hydrolysis) is 1. The highest BCUT2D eigenvalue weighted by molar-refractivity contribution is 5.68. The highest BCUT2D eigenvalue weighted by Crippen LogP contribution is 2.29. The number of carbonyl (C=O) groups is 1. The number of hydrogen-bond donors (Lipinski definition) is 2. The van der Waals surface area contributed by atoms with E-state index in [0.29, 0.717) is 5.56 Å². The number of rotatable bonds is 4. The van der Waals surface area contributed by atoms with Crippen molar-refractivity contribution in [2.45, 2.75) is 38.5 Å². The van der Waals surface area contributed by atoms with Crippen molar-refractivity contribution < 1.29 is 14.6 Å². The molecule has 2 atom stereocenters. The third-order valence-corrected chi connectivity index (χ3v) is 4.50. The zero-order valence-electron chi connectivity index (χ0n) is 18.0. The predicted molar refractivity (Wildman–Crippen MR) is 122 cm³/mol. The molecule has 31 heavy (non-hydrogen) atoms. The molecule has 0 aromatic heterocycles. The lowest BCUT2D eigenvalue weighted by Gasteiger charge is -2.27.